The Morgan fingerprint density at radius 3 is 2.57 bits per heavy atom. The number of aromatic nitrogens is 2. The Morgan fingerprint density at radius 1 is 1.17 bits per heavy atom. The standard InChI is InChI=1S/C17H19FN4O/c18-15-3-1-12(2-4-15)14-9-19-22(10-14)17(23)20-16-11-21-7-5-13(16)6-8-21/h1-4,9-10,13,16H,5-8,11H2,(H,20,23)/t16-/m0/s1. The first-order valence-corrected chi connectivity index (χ1v) is 8.03. The van der Waals surface area contributed by atoms with Crippen LogP contribution in [0.2, 0.25) is 0 Å². The van der Waals surface area contributed by atoms with Gasteiger partial charge in [0.15, 0.2) is 0 Å². The fourth-order valence-corrected chi connectivity index (χ4v) is 3.58. The van der Waals surface area contributed by atoms with E-state index in [0.29, 0.717) is 5.92 Å². The van der Waals surface area contributed by atoms with Crippen molar-refractivity contribution in [2.45, 2.75) is 18.9 Å². The van der Waals surface area contributed by atoms with Crippen molar-refractivity contribution in [1.29, 1.82) is 0 Å². The number of amides is 1. The molecule has 1 aromatic carbocycles. The van der Waals surface area contributed by atoms with E-state index in [2.05, 4.69) is 15.3 Å². The zero-order valence-electron chi connectivity index (χ0n) is 12.8. The van der Waals surface area contributed by atoms with Gasteiger partial charge in [-0.3, -0.25) is 0 Å². The molecule has 1 aromatic heterocycles. The molecule has 1 N–H and O–H groups in total. The molecular weight excluding hydrogens is 295 g/mol. The minimum Gasteiger partial charge on any atom is -0.332 e. The number of benzene rings is 1. The Hall–Kier alpha value is -2.21. The van der Waals surface area contributed by atoms with Crippen molar-refractivity contribution in [3.05, 3.63) is 42.5 Å². The van der Waals surface area contributed by atoms with E-state index in [0.717, 1.165) is 43.6 Å². The van der Waals surface area contributed by atoms with Gasteiger partial charge in [-0.2, -0.15) is 9.78 Å². The lowest BCUT2D eigenvalue weighted by molar-refractivity contribution is 0.0765. The number of hydrogen-bond acceptors (Lipinski definition) is 3. The maximum atomic E-state index is 13.0. The first kappa shape index (κ1) is 14.4. The summed E-state index contributed by atoms with van der Waals surface area (Å²) in [5.41, 5.74) is 1.64. The molecule has 3 aliphatic rings. The molecule has 2 bridgehead atoms. The van der Waals surface area contributed by atoms with Crippen molar-refractivity contribution in [3.63, 3.8) is 0 Å². The average Bonchev–Trinajstić information content (AvgIpc) is 3.07. The van der Waals surface area contributed by atoms with Crippen molar-refractivity contribution in [2.24, 2.45) is 5.92 Å². The number of fused-ring (bicyclic) bond motifs is 3. The molecule has 6 heteroatoms. The lowest BCUT2D eigenvalue weighted by atomic mass is 9.84. The highest BCUT2D eigenvalue weighted by molar-refractivity contribution is 5.77. The van der Waals surface area contributed by atoms with E-state index >= 15 is 0 Å². The van der Waals surface area contributed by atoms with Crippen molar-refractivity contribution in [3.8, 4) is 11.1 Å². The molecule has 1 amide bonds. The third-order valence-electron chi connectivity index (χ3n) is 4.93. The number of nitrogens with one attached hydrogen (secondary N) is 1. The zero-order chi connectivity index (χ0) is 15.8. The van der Waals surface area contributed by atoms with E-state index in [1.165, 1.54) is 16.8 Å². The minimum atomic E-state index is -0.277. The molecule has 3 fully saturated rings. The first-order chi connectivity index (χ1) is 11.2. The van der Waals surface area contributed by atoms with Gasteiger partial charge in [0.2, 0.25) is 0 Å². The summed E-state index contributed by atoms with van der Waals surface area (Å²) < 4.78 is 14.3. The minimum absolute atomic E-state index is 0.197. The number of halogens is 1. The number of carbonyl (C=O) groups excluding carboxylic acids is 1. The molecule has 5 nitrogen and oxygen atoms in total. The van der Waals surface area contributed by atoms with Gasteiger partial charge in [-0.1, -0.05) is 12.1 Å². The summed E-state index contributed by atoms with van der Waals surface area (Å²) in [6.45, 7) is 3.23. The van der Waals surface area contributed by atoms with Crippen molar-refractivity contribution in [2.75, 3.05) is 19.6 Å². The molecule has 4 heterocycles. The van der Waals surface area contributed by atoms with Crippen LogP contribution in [-0.4, -0.2) is 46.4 Å². The van der Waals surface area contributed by atoms with Crippen LogP contribution >= 0.6 is 0 Å². The number of hydrogen-bond donors (Lipinski definition) is 1. The van der Waals surface area contributed by atoms with Gasteiger partial charge in [-0.15, -0.1) is 0 Å². The molecule has 3 saturated heterocycles. The van der Waals surface area contributed by atoms with Crippen LogP contribution in [0.25, 0.3) is 11.1 Å². The SMILES string of the molecule is O=C(N[C@H]1CN2CCC1CC2)n1cc(-c2ccc(F)cc2)cn1. The highest BCUT2D eigenvalue weighted by atomic mass is 19.1. The van der Waals surface area contributed by atoms with Gasteiger partial charge in [0, 0.05) is 24.3 Å². The highest BCUT2D eigenvalue weighted by Crippen LogP contribution is 2.27. The second kappa shape index (κ2) is 5.77. The monoisotopic (exact) mass is 314 g/mol. The summed E-state index contributed by atoms with van der Waals surface area (Å²) in [4.78, 5) is 14.8. The largest absolute Gasteiger partial charge is 0.342 e. The number of rotatable bonds is 2. The molecule has 0 aliphatic carbocycles. The van der Waals surface area contributed by atoms with Gasteiger partial charge in [0.25, 0.3) is 0 Å². The quantitative estimate of drug-likeness (QED) is 0.925. The van der Waals surface area contributed by atoms with Crippen LogP contribution in [-0.2, 0) is 0 Å². The van der Waals surface area contributed by atoms with Crippen LogP contribution in [0.15, 0.2) is 36.7 Å². The molecule has 2 aromatic rings. The molecule has 0 radical (unpaired) electrons. The van der Waals surface area contributed by atoms with E-state index in [1.54, 1.807) is 24.5 Å². The van der Waals surface area contributed by atoms with E-state index in [9.17, 15) is 9.18 Å². The van der Waals surface area contributed by atoms with E-state index in [1.807, 2.05) is 0 Å². The van der Waals surface area contributed by atoms with Crippen LogP contribution in [0.1, 0.15) is 12.8 Å². The second-order valence-corrected chi connectivity index (χ2v) is 6.37. The Labute approximate surface area is 134 Å². The summed E-state index contributed by atoms with van der Waals surface area (Å²) in [6, 6.07) is 6.18. The molecule has 0 unspecified atom stereocenters. The zero-order valence-corrected chi connectivity index (χ0v) is 12.8. The second-order valence-electron chi connectivity index (χ2n) is 6.37. The molecule has 5 rings (SSSR count). The van der Waals surface area contributed by atoms with Crippen LogP contribution in [0.4, 0.5) is 9.18 Å². The fourth-order valence-electron chi connectivity index (χ4n) is 3.58. The Balaban J connectivity index is 1.46. The maximum Gasteiger partial charge on any atom is 0.342 e. The van der Waals surface area contributed by atoms with E-state index < -0.39 is 0 Å². The summed E-state index contributed by atoms with van der Waals surface area (Å²) in [5.74, 6) is 0.303. The van der Waals surface area contributed by atoms with Gasteiger partial charge < -0.3 is 10.2 Å². The topological polar surface area (TPSA) is 50.2 Å². The molecular formula is C17H19FN4O. The van der Waals surface area contributed by atoms with Gasteiger partial charge in [0.1, 0.15) is 5.82 Å². The number of nitrogens with zero attached hydrogens (tertiary/aromatic N) is 3. The van der Waals surface area contributed by atoms with Crippen molar-refractivity contribution < 1.29 is 9.18 Å². The maximum absolute atomic E-state index is 13.0. The molecule has 1 atom stereocenters. The molecule has 0 spiro atoms. The summed E-state index contributed by atoms with van der Waals surface area (Å²) in [7, 11) is 0. The van der Waals surface area contributed by atoms with Crippen LogP contribution in [0.3, 0.4) is 0 Å². The normalized spacial score (nSPS) is 26.2. The molecule has 3 aliphatic heterocycles. The van der Waals surface area contributed by atoms with Crippen LogP contribution < -0.4 is 5.32 Å². The molecule has 23 heavy (non-hydrogen) atoms. The van der Waals surface area contributed by atoms with Gasteiger partial charge >= 0.3 is 6.03 Å². The fraction of sp³-hybridized carbons (Fsp3) is 0.412. The van der Waals surface area contributed by atoms with Gasteiger partial charge in [-0.05, 0) is 49.5 Å². The third-order valence-corrected chi connectivity index (χ3v) is 4.93. The van der Waals surface area contributed by atoms with Crippen molar-refractivity contribution >= 4 is 6.03 Å². The third kappa shape index (κ3) is 2.86. The Morgan fingerprint density at radius 2 is 1.91 bits per heavy atom. The molecule has 120 valence electrons. The lowest BCUT2D eigenvalue weighted by Crippen LogP contribution is -2.57. The van der Waals surface area contributed by atoms with Gasteiger partial charge in [0.05, 0.1) is 6.20 Å². The predicted octanol–water partition coefficient (Wildman–Crippen LogP) is 2.34. The average molecular weight is 314 g/mol. The smallest absolute Gasteiger partial charge is 0.332 e. The summed E-state index contributed by atoms with van der Waals surface area (Å²) in [6.07, 6.45) is 5.63. The van der Waals surface area contributed by atoms with E-state index in [-0.39, 0.29) is 17.9 Å². The van der Waals surface area contributed by atoms with E-state index in [4.69, 9.17) is 0 Å². The summed E-state index contributed by atoms with van der Waals surface area (Å²) >= 11 is 0. The Kier molecular flexibility index (Phi) is 3.61. The molecule has 0 saturated carbocycles. The summed E-state index contributed by atoms with van der Waals surface area (Å²) in [5, 5.41) is 7.24. The van der Waals surface area contributed by atoms with Crippen LogP contribution in [0.5, 0.6) is 0 Å². The lowest BCUT2D eigenvalue weighted by Gasteiger charge is -2.44. The van der Waals surface area contributed by atoms with Crippen molar-refractivity contribution in [1.82, 2.24) is 20.0 Å². The number of carbonyl (C=O) groups is 1. The van der Waals surface area contributed by atoms with Crippen LogP contribution in [0, 0.1) is 11.7 Å². The van der Waals surface area contributed by atoms with Gasteiger partial charge in [-0.25, -0.2) is 9.18 Å². The Bertz CT molecular complexity index is 704. The predicted molar refractivity (Wildman–Crippen MR) is 84.5 cm³/mol. The first-order valence-electron chi connectivity index (χ1n) is 8.03. The number of piperidine rings is 3. The highest BCUT2D eigenvalue weighted by Gasteiger charge is 2.35.